The van der Waals surface area contributed by atoms with E-state index in [2.05, 4.69) is 43.2 Å². The lowest BCUT2D eigenvalue weighted by molar-refractivity contribution is 0.101. The molecular formula is C52H42FN7O6S3. The summed E-state index contributed by atoms with van der Waals surface area (Å²) >= 11 is 3.08. The third-order valence-corrected chi connectivity index (χ3v) is 13.3. The van der Waals surface area contributed by atoms with E-state index in [1.807, 2.05) is 73.1 Å². The van der Waals surface area contributed by atoms with Crippen LogP contribution >= 0.6 is 22.7 Å². The first-order valence-corrected chi connectivity index (χ1v) is 24.3. The normalized spacial score (nSPS) is 10.9. The number of methoxy groups -OCH3 is 1. The van der Waals surface area contributed by atoms with Crippen LogP contribution in [0.5, 0.6) is 11.5 Å². The molecule has 0 aliphatic rings. The van der Waals surface area contributed by atoms with Crippen LogP contribution in [0.1, 0.15) is 42.4 Å². The molecule has 0 aliphatic heterocycles. The van der Waals surface area contributed by atoms with E-state index in [9.17, 15) is 22.4 Å². The molecular weight excluding hydrogens is 934 g/mol. The Hall–Kier alpha value is -8.12. The Balaban J connectivity index is 0.000000192. The molecule has 0 spiro atoms. The number of amides is 2. The van der Waals surface area contributed by atoms with Crippen LogP contribution in [0.3, 0.4) is 0 Å². The van der Waals surface area contributed by atoms with Gasteiger partial charge in [0.2, 0.25) is 0 Å². The lowest BCUT2D eigenvalue weighted by Crippen LogP contribution is -2.13. The third-order valence-electron chi connectivity index (χ3n) is 10.4. The van der Waals surface area contributed by atoms with Crippen molar-refractivity contribution in [2.24, 2.45) is 0 Å². The molecule has 69 heavy (non-hydrogen) atoms. The summed E-state index contributed by atoms with van der Waals surface area (Å²) in [6.07, 6.45) is 7.74. The predicted octanol–water partition coefficient (Wildman–Crippen LogP) is 11.8. The molecule has 2 amide bonds. The van der Waals surface area contributed by atoms with Crippen LogP contribution in [-0.2, 0) is 16.5 Å². The van der Waals surface area contributed by atoms with E-state index < -0.39 is 26.7 Å². The Morgan fingerprint density at radius 1 is 0.652 bits per heavy atom. The number of aromatic nitrogens is 4. The average Bonchev–Trinajstić information content (AvgIpc) is 4.05. The molecule has 0 fully saturated rings. The van der Waals surface area contributed by atoms with Crippen LogP contribution in [0.4, 0.5) is 26.6 Å². The number of hydrogen-bond acceptors (Lipinski definition) is 13. The number of rotatable bonds is 14. The molecule has 4 aromatic heterocycles. The average molecular weight is 976 g/mol. The van der Waals surface area contributed by atoms with Crippen molar-refractivity contribution in [1.29, 1.82) is 0 Å². The van der Waals surface area contributed by atoms with Gasteiger partial charge < -0.3 is 24.9 Å². The van der Waals surface area contributed by atoms with Gasteiger partial charge in [-0.3, -0.25) is 19.6 Å². The highest BCUT2D eigenvalue weighted by Crippen LogP contribution is 2.31. The monoisotopic (exact) mass is 975 g/mol. The number of nitrogens with zero attached hydrogens (tertiary/aromatic N) is 4. The number of halogens is 1. The Labute approximate surface area is 405 Å². The highest BCUT2D eigenvalue weighted by atomic mass is 32.2. The summed E-state index contributed by atoms with van der Waals surface area (Å²) in [6.45, 7) is 4.01. The zero-order valence-corrected chi connectivity index (χ0v) is 39.7. The van der Waals surface area contributed by atoms with Crippen LogP contribution < -0.4 is 24.9 Å². The van der Waals surface area contributed by atoms with Crippen molar-refractivity contribution in [1.82, 2.24) is 19.9 Å². The van der Waals surface area contributed by atoms with E-state index in [4.69, 9.17) is 13.9 Å². The lowest BCUT2D eigenvalue weighted by Gasteiger charge is -2.11. The first-order valence-electron chi connectivity index (χ1n) is 21.1. The van der Waals surface area contributed by atoms with Crippen LogP contribution in [0.15, 0.2) is 174 Å². The molecule has 5 aromatic carbocycles. The van der Waals surface area contributed by atoms with Gasteiger partial charge in [0, 0.05) is 81.3 Å². The van der Waals surface area contributed by atoms with Crippen molar-refractivity contribution in [2.45, 2.75) is 25.2 Å². The number of carbonyl (C=O) groups excluding carboxylic acids is 2. The maximum Gasteiger partial charge on any atom is 0.342 e. The van der Waals surface area contributed by atoms with Gasteiger partial charge in [-0.2, -0.15) is 8.42 Å². The highest BCUT2D eigenvalue weighted by Gasteiger charge is 2.21. The molecule has 0 bridgehead atoms. The zero-order valence-electron chi connectivity index (χ0n) is 37.2. The summed E-state index contributed by atoms with van der Waals surface area (Å²) < 4.78 is 48.9. The molecule has 9 rings (SSSR count). The van der Waals surface area contributed by atoms with Crippen molar-refractivity contribution in [3.63, 3.8) is 0 Å². The molecule has 0 unspecified atom stereocenters. The van der Waals surface area contributed by atoms with Crippen molar-refractivity contribution in [3.05, 3.63) is 208 Å². The molecule has 0 aliphatic carbocycles. The number of aryl methyl sites for hydroxylation is 2. The smallest absolute Gasteiger partial charge is 0.342 e. The summed E-state index contributed by atoms with van der Waals surface area (Å²) in [6, 6.07) is 36.6. The Bertz CT molecular complexity index is 3350. The fourth-order valence-electron chi connectivity index (χ4n) is 6.72. The van der Waals surface area contributed by atoms with Crippen LogP contribution in [0.25, 0.3) is 22.5 Å². The third kappa shape index (κ3) is 12.3. The quantitative estimate of drug-likeness (QED) is 0.0885. The number of hydrogen-bond donors (Lipinski definition) is 3. The Morgan fingerprint density at radius 3 is 1.99 bits per heavy atom. The van der Waals surface area contributed by atoms with Gasteiger partial charge in [-0.15, -0.1) is 22.7 Å². The molecule has 17 heteroatoms. The Morgan fingerprint density at radius 2 is 1.30 bits per heavy atom. The molecule has 4 heterocycles. The second kappa shape index (κ2) is 21.7. The fourth-order valence-corrected chi connectivity index (χ4v) is 9.29. The number of anilines is 4. The van der Waals surface area contributed by atoms with Crippen molar-refractivity contribution < 1.29 is 31.3 Å². The minimum absolute atomic E-state index is 0.0503. The molecule has 9 aromatic rings. The molecule has 346 valence electrons. The summed E-state index contributed by atoms with van der Waals surface area (Å²) in [5.41, 5.74) is 9.85. The highest BCUT2D eigenvalue weighted by molar-refractivity contribution is 7.87. The summed E-state index contributed by atoms with van der Waals surface area (Å²) in [5, 5.41) is 14.8. The first-order chi connectivity index (χ1) is 33.4. The summed E-state index contributed by atoms with van der Waals surface area (Å²) in [4.78, 5) is 42.5. The number of thiazole rings is 2. The van der Waals surface area contributed by atoms with Gasteiger partial charge >= 0.3 is 10.1 Å². The van der Waals surface area contributed by atoms with Crippen molar-refractivity contribution in [3.8, 4) is 34.0 Å². The second-order valence-electron chi connectivity index (χ2n) is 15.3. The SMILES string of the molecule is COc1cccc(C(=O)Nc2ccc(C)c(Cc3nc(-c4cccnc4)cs3)c2)c1.Cc1ccc(NC(=O)c2ccc(OS(=O)(=O)c3ccccc3F)cc2)cc1Nc1nc(-c2cccnc2)cs1. The molecule has 0 saturated carbocycles. The van der Waals surface area contributed by atoms with Crippen LogP contribution in [-0.4, -0.2) is 47.3 Å². The van der Waals surface area contributed by atoms with Crippen molar-refractivity contribution >= 4 is 66.8 Å². The van der Waals surface area contributed by atoms with E-state index in [1.54, 1.807) is 67.4 Å². The molecule has 3 N–H and O–H groups in total. The van der Waals surface area contributed by atoms with Crippen LogP contribution in [0.2, 0.25) is 0 Å². The fraction of sp³-hybridized carbons (Fsp3) is 0.0769. The van der Waals surface area contributed by atoms with Gasteiger partial charge in [-0.25, -0.2) is 14.4 Å². The summed E-state index contributed by atoms with van der Waals surface area (Å²) in [7, 11) is -2.78. The van der Waals surface area contributed by atoms with Gasteiger partial charge in [0.25, 0.3) is 11.8 Å². The lowest BCUT2D eigenvalue weighted by atomic mass is 10.0. The molecule has 0 saturated heterocycles. The molecule has 0 radical (unpaired) electrons. The summed E-state index contributed by atoms with van der Waals surface area (Å²) in [5.74, 6) is -0.881. The molecule has 13 nitrogen and oxygen atoms in total. The zero-order chi connectivity index (χ0) is 48.3. The van der Waals surface area contributed by atoms with Gasteiger partial charge in [0.05, 0.1) is 23.5 Å². The van der Waals surface area contributed by atoms with Gasteiger partial charge in [0.15, 0.2) is 5.13 Å². The standard InChI is InChI=1S/C28H21FN4O4S2.C24H21N3O2S/c1-18-8-11-21(15-24(18)32-28-33-25(17-38-28)20-5-4-14-30-16-20)31-27(34)19-9-12-22(13-10-19)37-39(35,36)26-7-3-2-6-23(26)29;1-16-8-9-20(26-24(28)17-5-3-7-21(12-17)29-2)11-19(16)13-23-27-22(15-30-23)18-6-4-10-25-14-18/h2-17H,1H3,(H,31,34)(H,32,33);3-12,14-15H,13H2,1-2H3,(H,26,28). The topological polar surface area (TPSA) is 174 Å². The minimum atomic E-state index is -4.36. The number of benzene rings is 5. The van der Waals surface area contributed by atoms with E-state index in [-0.39, 0.29) is 17.2 Å². The van der Waals surface area contributed by atoms with Crippen LogP contribution in [0, 0.1) is 19.7 Å². The Kier molecular flexibility index (Phi) is 14.9. The van der Waals surface area contributed by atoms with Gasteiger partial charge in [-0.1, -0.05) is 30.3 Å². The number of ether oxygens (including phenoxy) is 1. The maximum absolute atomic E-state index is 13.9. The van der Waals surface area contributed by atoms with E-state index >= 15 is 0 Å². The molecule has 0 atom stereocenters. The van der Waals surface area contributed by atoms with E-state index in [0.717, 1.165) is 67.7 Å². The first kappa shape index (κ1) is 47.4. The number of pyridine rings is 2. The number of carbonyl (C=O) groups is 2. The minimum Gasteiger partial charge on any atom is -0.497 e. The largest absolute Gasteiger partial charge is 0.497 e. The predicted molar refractivity (Wildman–Crippen MR) is 269 cm³/mol. The van der Waals surface area contributed by atoms with Crippen molar-refractivity contribution in [2.75, 3.05) is 23.1 Å². The second-order valence-corrected chi connectivity index (χ2v) is 18.6. The maximum atomic E-state index is 13.9. The van der Waals surface area contributed by atoms with E-state index in [0.29, 0.717) is 28.6 Å². The number of nitrogens with one attached hydrogen (secondary N) is 3. The van der Waals surface area contributed by atoms with Gasteiger partial charge in [0.1, 0.15) is 22.2 Å². The van der Waals surface area contributed by atoms with E-state index in [1.165, 1.54) is 47.7 Å². The van der Waals surface area contributed by atoms with Gasteiger partial charge in [-0.05, 0) is 134 Å².